The lowest BCUT2D eigenvalue weighted by Crippen LogP contribution is -2.48. The van der Waals surface area contributed by atoms with E-state index in [9.17, 15) is 0 Å². The molecule has 0 saturated carbocycles. The van der Waals surface area contributed by atoms with Gasteiger partial charge < -0.3 is 19.1 Å². The maximum Gasteiger partial charge on any atom is 0.159 e. The van der Waals surface area contributed by atoms with Gasteiger partial charge in [0.1, 0.15) is 5.60 Å². The van der Waals surface area contributed by atoms with E-state index in [0.29, 0.717) is 19.1 Å². The minimum absolute atomic E-state index is 0.271. The average molecular weight is 396 g/mol. The molecule has 5 rings (SSSR count). The number of ether oxygens (including phenoxy) is 3. The Morgan fingerprint density at radius 1 is 1.00 bits per heavy atom. The molecule has 3 aliphatic heterocycles. The lowest BCUT2D eigenvalue weighted by atomic mass is 9.83. The van der Waals surface area contributed by atoms with Crippen molar-refractivity contribution < 1.29 is 14.2 Å². The molecule has 6 heteroatoms. The van der Waals surface area contributed by atoms with Crippen molar-refractivity contribution >= 4 is 0 Å². The molecule has 0 amide bonds. The summed E-state index contributed by atoms with van der Waals surface area (Å²) in [5, 5.41) is 0. The summed E-state index contributed by atoms with van der Waals surface area (Å²) in [4.78, 5) is 12.2. The fourth-order valence-corrected chi connectivity index (χ4v) is 4.75. The molecule has 2 aromatic rings. The van der Waals surface area contributed by atoms with Crippen molar-refractivity contribution in [3.63, 3.8) is 0 Å². The highest BCUT2D eigenvalue weighted by Crippen LogP contribution is 2.41. The Bertz CT molecular complexity index is 813. The van der Waals surface area contributed by atoms with E-state index in [1.54, 1.807) is 0 Å². The molecule has 0 radical (unpaired) electrons. The lowest BCUT2D eigenvalue weighted by Gasteiger charge is -2.44. The molecule has 0 N–H and O–H groups in total. The Morgan fingerprint density at radius 3 is 2.52 bits per heavy atom. The van der Waals surface area contributed by atoms with Crippen molar-refractivity contribution in [2.75, 3.05) is 52.7 Å². The third kappa shape index (κ3) is 4.08. The van der Waals surface area contributed by atoms with Gasteiger partial charge in [-0.3, -0.25) is 0 Å². The summed E-state index contributed by atoms with van der Waals surface area (Å²) >= 11 is 0. The molecule has 0 atom stereocenters. The smallest absolute Gasteiger partial charge is 0.159 e. The SMILES string of the molecule is c1ccc(-c2ncc3c(n2)C2(CCN(CC4COCCOC4)CC2)OCC3)cc1. The molecule has 1 spiro atoms. The van der Waals surface area contributed by atoms with E-state index in [-0.39, 0.29) is 5.60 Å². The number of rotatable bonds is 3. The van der Waals surface area contributed by atoms with E-state index in [1.165, 1.54) is 5.56 Å². The van der Waals surface area contributed by atoms with Crippen LogP contribution in [0.1, 0.15) is 24.1 Å². The highest BCUT2D eigenvalue weighted by molar-refractivity contribution is 5.55. The molecule has 0 bridgehead atoms. The second kappa shape index (κ2) is 8.48. The van der Waals surface area contributed by atoms with Crippen molar-refractivity contribution in [1.82, 2.24) is 14.9 Å². The maximum absolute atomic E-state index is 6.42. The third-order valence-corrected chi connectivity index (χ3v) is 6.34. The summed E-state index contributed by atoms with van der Waals surface area (Å²) in [6.07, 6.45) is 4.85. The van der Waals surface area contributed by atoms with E-state index in [4.69, 9.17) is 19.2 Å². The number of likely N-dealkylation sites (tertiary alicyclic amines) is 1. The normalized spacial score (nSPS) is 22.9. The first kappa shape index (κ1) is 19.1. The summed E-state index contributed by atoms with van der Waals surface area (Å²) in [6, 6.07) is 10.2. The minimum atomic E-state index is -0.271. The molecule has 2 fully saturated rings. The first-order valence-corrected chi connectivity index (χ1v) is 10.8. The molecule has 4 heterocycles. The van der Waals surface area contributed by atoms with Gasteiger partial charge in [-0.2, -0.15) is 0 Å². The van der Waals surface area contributed by atoms with Gasteiger partial charge in [-0.15, -0.1) is 0 Å². The zero-order valence-corrected chi connectivity index (χ0v) is 16.9. The van der Waals surface area contributed by atoms with Crippen LogP contribution in [0.25, 0.3) is 11.4 Å². The second-order valence-electron chi connectivity index (χ2n) is 8.34. The number of nitrogens with zero attached hydrogens (tertiary/aromatic N) is 3. The van der Waals surface area contributed by atoms with Crippen LogP contribution in [-0.2, 0) is 26.2 Å². The summed E-state index contributed by atoms with van der Waals surface area (Å²) in [7, 11) is 0. The Hall–Kier alpha value is -1.86. The van der Waals surface area contributed by atoms with Crippen LogP contribution in [0.5, 0.6) is 0 Å². The Labute approximate surface area is 172 Å². The monoisotopic (exact) mass is 395 g/mol. The Kier molecular flexibility index (Phi) is 5.59. The van der Waals surface area contributed by atoms with Crippen molar-refractivity contribution in [2.24, 2.45) is 5.92 Å². The average Bonchev–Trinajstić information content (AvgIpc) is 3.05. The van der Waals surface area contributed by atoms with Crippen molar-refractivity contribution in [3.8, 4) is 11.4 Å². The van der Waals surface area contributed by atoms with Crippen LogP contribution < -0.4 is 0 Å². The minimum Gasteiger partial charge on any atom is -0.379 e. The van der Waals surface area contributed by atoms with E-state index in [1.807, 2.05) is 24.4 Å². The van der Waals surface area contributed by atoms with E-state index in [0.717, 1.165) is 75.8 Å². The maximum atomic E-state index is 6.42. The van der Waals surface area contributed by atoms with Crippen LogP contribution in [0.3, 0.4) is 0 Å². The topological polar surface area (TPSA) is 56.7 Å². The number of aromatic nitrogens is 2. The summed E-state index contributed by atoms with van der Waals surface area (Å²) in [5.41, 5.74) is 3.14. The van der Waals surface area contributed by atoms with Gasteiger partial charge in [0.2, 0.25) is 0 Å². The van der Waals surface area contributed by atoms with Gasteiger partial charge in [-0.05, 0) is 24.8 Å². The Balaban J connectivity index is 1.32. The quantitative estimate of drug-likeness (QED) is 0.797. The van der Waals surface area contributed by atoms with Gasteiger partial charge >= 0.3 is 0 Å². The van der Waals surface area contributed by atoms with Gasteiger partial charge in [0.25, 0.3) is 0 Å². The van der Waals surface area contributed by atoms with E-state index in [2.05, 4.69) is 22.0 Å². The zero-order valence-electron chi connectivity index (χ0n) is 16.9. The van der Waals surface area contributed by atoms with Gasteiger partial charge in [0.05, 0.1) is 38.7 Å². The lowest BCUT2D eigenvalue weighted by molar-refractivity contribution is -0.103. The van der Waals surface area contributed by atoms with Crippen LogP contribution in [-0.4, -0.2) is 67.5 Å². The summed E-state index contributed by atoms with van der Waals surface area (Å²) < 4.78 is 17.7. The van der Waals surface area contributed by atoms with Crippen LogP contribution in [0.4, 0.5) is 0 Å². The van der Waals surface area contributed by atoms with Gasteiger partial charge in [0.15, 0.2) is 5.82 Å². The molecule has 0 unspecified atom stereocenters. The largest absolute Gasteiger partial charge is 0.379 e. The van der Waals surface area contributed by atoms with E-state index < -0.39 is 0 Å². The Morgan fingerprint density at radius 2 is 1.76 bits per heavy atom. The molecule has 1 aromatic carbocycles. The molecule has 3 aliphatic rings. The standard InChI is InChI=1S/C23H29N3O3/c1-2-4-19(5-3-1)22-24-14-20-6-11-29-23(21(20)25-22)7-9-26(10-8-23)15-18-16-27-12-13-28-17-18/h1-5,14,18H,6-13,15-17H2. The summed E-state index contributed by atoms with van der Waals surface area (Å²) in [5.74, 6) is 1.25. The number of fused-ring (bicyclic) bond motifs is 2. The molecular formula is C23H29N3O3. The first-order chi connectivity index (χ1) is 14.3. The van der Waals surface area contributed by atoms with Gasteiger partial charge in [-0.1, -0.05) is 30.3 Å². The number of hydrogen-bond acceptors (Lipinski definition) is 6. The molecule has 154 valence electrons. The molecule has 6 nitrogen and oxygen atoms in total. The number of piperidine rings is 1. The fraction of sp³-hybridized carbons (Fsp3) is 0.565. The molecule has 2 saturated heterocycles. The van der Waals surface area contributed by atoms with Crippen molar-refractivity contribution in [1.29, 1.82) is 0 Å². The van der Waals surface area contributed by atoms with Crippen LogP contribution in [0, 0.1) is 5.92 Å². The molecule has 0 aliphatic carbocycles. The molecule has 29 heavy (non-hydrogen) atoms. The van der Waals surface area contributed by atoms with Crippen molar-refractivity contribution in [3.05, 3.63) is 47.8 Å². The first-order valence-electron chi connectivity index (χ1n) is 10.8. The summed E-state index contributed by atoms with van der Waals surface area (Å²) in [6.45, 7) is 6.85. The number of hydrogen-bond donors (Lipinski definition) is 0. The van der Waals surface area contributed by atoms with Crippen LogP contribution >= 0.6 is 0 Å². The number of benzene rings is 1. The molecule has 1 aromatic heterocycles. The molecular weight excluding hydrogens is 366 g/mol. The predicted molar refractivity (Wildman–Crippen MR) is 110 cm³/mol. The van der Waals surface area contributed by atoms with Gasteiger partial charge in [0, 0.05) is 37.3 Å². The highest BCUT2D eigenvalue weighted by atomic mass is 16.5. The van der Waals surface area contributed by atoms with Gasteiger partial charge in [-0.25, -0.2) is 9.97 Å². The third-order valence-electron chi connectivity index (χ3n) is 6.34. The van der Waals surface area contributed by atoms with E-state index >= 15 is 0 Å². The zero-order chi connectivity index (χ0) is 19.5. The van der Waals surface area contributed by atoms with Crippen LogP contribution in [0.2, 0.25) is 0 Å². The predicted octanol–water partition coefficient (Wildman–Crippen LogP) is 2.67. The second-order valence-corrected chi connectivity index (χ2v) is 8.34. The van der Waals surface area contributed by atoms with Crippen molar-refractivity contribution in [2.45, 2.75) is 24.9 Å². The highest BCUT2D eigenvalue weighted by Gasteiger charge is 2.42. The fourth-order valence-electron chi connectivity index (χ4n) is 4.75. The van der Waals surface area contributed by atoms with Crippen LogP contribution in [0.15, 0.2) is 36.5 Å².